The molecule has 3 aromatic rings. The van der Waals surface area contributed by atoms with Gasteiger partial charge < -0.3 is 14.6 Å². The standard InChI is InChI=1S/C21H20F3N3O4S2/c1-20(2,17(28)29)33-19-27-15(11-32-19)6-7-30-18-25-9-14(10-26-18)13-4-3-5-16(8-13)31-12-21(22,23)24/h3-5,8-11H,6-7,12H2,1-2H3,(H,28,29). The van der Waals surface area contributed by atoms with Gasteiger partial charge in [0.05, 0.1) is 12.3 Å². The van der Waals surface area contributed by atoms with Gasteiger partial charge in [-0.15, -0.1) is 11.3 Å². The van der Waals surface area contributed by atoms with Gasteiger partial charge in [0.15, 0.2) is 10.9 Å². The SMILES string of the molecule is CC(C)(Sc1nc(CCOc2ncc(-c3cccc(OCC(F)(F)F)c3)cn2)cs1)C(=O)O. The Kier molecular flexibility index (Phi) is 7.80. The first-order valence-corrected chi connectivity index (χ1v) is 11.3. The largest absolute Gasteiger partial charge is 0.484 e. The number of carboxylic acid groups (broad SMARTS) is 1. The molecule has 1 N–H and O–H groups in total. The number of carbonyl (C=O) groups is 1. The van der Waals surface area contributed by atoms with Gasteiger partial charge in [-0.05, 0) is 31.5 Å². The summed E-state index contributed by atoms with van der Waals surface area (Å²) in [5.41, 5.74) is 1.98. The highest BCUT2D eigenvalue weighted by Gasteiger charge is 2.30. The van der Waals surface area contributed by atoms with E-state index in [1.54, 1.807) is 26.0 Å². The van der Waals surface area contributed by atoms with Crippen LogP contribution in [0.4, 0.5) is 13.2 Å². The third-order valence-electron chi connectivity index (χ3n) is 4.18. The fraction of sp³-hybridized carbons (Fsp3) is 0.333. The Labute approximate surface area is 196 Å². The monoisotopic (exact) mass is 499 g/mol. The second-order valence-corrected chi connectivity index (χ2v) is 10.0. The molecular formula is C21H20F3N3O4S2. The van der Waals surface area contributed by atoms with Crippen LogP contribution in [0.2, 0.25) is 0 Å². The van der Waals surface area contributed by atoms with Gasteiger partial charge in [0, 0.05) is 29.8 Å². The topological polar surface area (TPSA) is 94.4 Å². The van der Waals surface area contributed by atoms with Crippen LogP contribution in [0.1, 0.15) is 19.5 Å². The van der Waals surface area contributed by atoms with E-state index in [0.29, 0.717) is 21.9 Å². The summed E-state index contributed by atoms with van der Waals surface area (Å²) < 4.78 is 47.0. The molecule has 0 saturated carbocycles. The highest BCUT2D eigenvalue weighted by molar-refractivity contribution is 8.02. The van der Waals surface area contributed by atoms with E-state index < -0.39 is 23.5 Å². The molecule has 7 nitrogen and oxygen atoms in total. The lowest BCUT2D eigenvalue weighted by Crippen LogP contribution is -2.26. The zero-order valence-electron chi connectivity index (χ0n) is 17.6. The molecule has 176 valence electrons. The molecular weight excluding hydrogens is 479 g/mol. The van der Waals surface area contributed by atoms with Gasteiger partial charge in [-0.1, -0.05) is 23.9 Å². The number of aliphatic carboxylic acids is 1. The third kappa shape index (κ3) is 7.60. The molecule has 1 aromatic carbocycles. The molecule has 0 spiro atoms. The number of aromatic nitrogens is 3. The summed E-state index contributed by atoms with van der Waals surface area (Å²) in [5.74, 6) is -0.813. The summed E-state index contributed by atoms with van der Waals surface area (Å²) in [6.07, 6.45) is -0.895. The average molecular weight is 500 g/mol. The maximum Gasteiger partial charge on any atom is 0.422 e. The van der Waals surface area contributed by atoms with Gasteiger partial charge in [0.1, 0.15) is 10.5 Å². The number of rotatable bonds is 10. The Morgan fingerprint density at radius 3 is 2.55 bits per heavy atom. The quantitative estimate of drug-likeness (QED) is 0.384. The molecule has 0 saturated heterocycles. The maximum absolute atomic E-state index is 12.3. The molecule has 33 heavy (non-hydrogen) atoms. The van der Waals surface area contributed by atoms with Crippen molar-refractivity contribution < 1.29 is 32.5 Å². The Hall–Kier alpha value is -2.86. The van der Waals surface area contributed by atoms with Gasteiger partial charge in [0.2, 0.25) is 0 Å². The molecule has 0 atom stereocenters. The number of carboxylic acids is 1. The lowest BCUT2D eigenvalue weighted by Gasteiger charge is -2.15. The molecule has 0 radical (unpaired) electrons. The predicted octanol–water partition coefficient (Wildman–Crippen LogP) is 5.12. The number of benzene rings is 1. The molecule has 3 rings (SSSR count). The first-order chi connectivity index (χ1) is 15.5. The van der Waals surface area contributed by atoms with Crippen molar-refractivity contribution in [1.82, 2.24) is 15.0 Å². The van der Waals surface area contributed by atoms with Gasteiger partial charge in [-0.25, -0.2) is 15.0 Å². The number of nitrogens with zero attached hydrogens (tertiary/aromatic N) is 3. The van der Waals surface area contributed by atoms with Crippen LogP contribution in [0.5, 0.6) is 11.8 Å². The van der Waals surface area contributed by atoms with Gasteiger partial charge in [-0.3, -0.25) is 4.79 Å². The second kappa shape index (κ2) is 10.4. The van der Waals surface area contributed by atoms with E-state index in [1.807, 2.05) is 5.38 Å². The number of hydrogen-bond donors (Lipinski definition) is 1. The number of alkyl halides is 3. The fourth-order valence-electron chi connectivity index (χ4n) is 2.43. The molecule has 0 aliphatic rings. The molecule has 12 heteroatoms. The van der Waals surface area contributed by atoms with E-state index >= 15 is 0 Å². The zero-order valence-corrected chi connectivity index (χ0v) is 19.3. The first kappa shape index (κ1) is 24.8. The normalized spacial score (nSPS) is 11.9. The first-order valence-electron chi connectivity index (χ1n) is 9.63. The minimum absolute atomic E-state index is 0.0951. The summed E-state index contributed by atoms with van der Waals surface area (Å²) in [6.45, 7) is 2.15. The molecule has 0 amide bonds. The van der Waals surface area contributed by atoms with Crippen molar-refractivity contribution in [2.24, 2.45) is 0 Å². The number of halogens is 3. The molecule has 0 bridgehead atoms. The number of hydrogen-bond acceptors (Lipinski definition) is 8. The van der Waals surface area contributed by atoms with Crippen molar-refractivity contribution in [1.29, 1.82) is 0 Å². The van der Waals surface area contributed by atoms with Gasteiger partial charge in [0.25, 0.3) is 0 Å². The van der Waals surface area contributed by atoms with Crippen LogP contribution in [0.15, 0.2) is 46.4 Å². The molecule has 0 fully saturated rings. The Balaban J connectivity index is 1.52. The molecule has 0 aliphatic heterocycles. The lowest BCUT2D eigenvalue weighted by atomic mass is 10.1. The van der Waals surface area contributed by atoms with Crippen LogP contribution in [-0.4, -0.2) is 50.2 Å². The lowest BCUT2D eigenvalue weighted by molar-refractivity contribution is -0.153. The summed E-state index contributed by atoms with van der Waals surface area (Å²) in [5, 5.41) is 11.1. The van der Waals surface area contributed by atoms with Crippen molar-refractivity contribution in [2.75, 3.05) is 13.2 Å². The second-order valence-electron chi connectivity index (χ2n) is 7.31. The van der Waals surface area contributed by atoms with Crippen LogP contribution in [-0.2, 0) is 11.2 Å². The minimum Gasteiger partial charge on any atom is -0.484 e. The summed E-state index contributed by atoms with van der Waals surface area (Å²) in [4.78, 5) is 23.9. The summed E-state index contributed by atoms with van der Waals surface area (Å²) in [7, 11) is 0. The number of thioether (sulfide) groups is 1. The minimum atomic E-state index is -4.41. The Morgan fingerprint density at radius 2 is 1.88 bits per heavy atom. The van der Waals surface area contributed by atoms with Crippen LogP contribution >= 0.6 is 23.1 Å². The molecule has 2 heterocycles. The predicted molar refractivity (Wildman–Crippen MR) is 118 cm³/mol. The van der Waals surface area contributed by atoms with E-state index in [0.717, 1.165) is 5.69 Å². The van der Waals surface area contributed by atoms with E-state index in [4.69, 9.17) is 9.47 Å². The number of ether oxygens (including phenoxy) is 2. The Bertz CT molecular complexity index is 1090. The summed E-state index contributed by atoms with van der Waals surface area (Å²) in [6, 6.07) is 6.37. The number of thiazole rings is 1. The van der Waals surface area contributed by atoms with Crippen LogP contribution in [0.25, 0.3) is 11.1 Å². The van der Waals surface area contributed by atoms with Crippen molar-refractivity contribution in [3.63, 3.8) is 0 Å². The Morgan fingerprint density at radius 1 is 1.15 bits per heavy atom. The molecule has 0 unspecified atom stereocenters. The summed E-state index contributed by atoms with van der Waals surface area (Å²) >= 11 is 2.56. The van der Waals surface area contributed by atoms with E-state index in [1.165, 1.54) is 47.6 Å². The van der Waals surface area contributed by atoms with Crippen molar-refractivity contribution in [2.45, 2.75) is 35.5 Å². The van der Waals surface area contributed by atoms with Gasteiger partial charge in [-0.2, -0.15) is 13.2 Å². The van der Waals surface area contributed by atoms with Crippen molar-refractivity contribution >= 4 is 29.1 Å². The van der Waals surface area contributed by atoms with Crippen LogP contribution in [0.3, 0.4) is 0 Å². The highest BCUT2D eigenvalue weighted by Crippen LogP contribution is 2.34. The van der Waals surface area contributed by atoms with Crippen molar-refractivity contribution in [3.05, 3.63) is 47.7 Å². The smallest absolute Gasteiger partial charge is 0.422 e. The maximum atomic E-state index is 12.3. The van der Waals surface area contributed by atoms with Crippen LogP contribution < -0.4 is 9.47 Å². The fourth-order valence-corrected chi connectivity index (χ4v) is 4.66. The molecule has 2 aromatic heterocycles. The average Bonchev–Trinajstić information content (AvgIpc) is 3.19. The third-order valence-corrected chi connectivity index (χ3v) is 6.35. The highest BCUT2D eigenvalue weighted by atomic mass is 32.2. The van der Waals surface area contributed by atoms with E-state index in [2.05, 4.69) is 15.0 Å². The van der Waals surface area contributed by atoms with Gasteiger partial charge >= 0.3 is 18.2 Å². The van der Waals surface area contributed by atoms with Crippen molar-refractivity contribution in [3.8, 4) is 22.9 Å². The van der Waals surface area contributed by atoms with E-state index in [9.17, 15) is 23.1 Å². The van der Waals surface area contributed by atoms with Crippen LogP contribution in [0, 0.1) is 0 Å². The molecule has 0 aliphatic carbocycles. The zero-order chi connectivity index (χ0) is 24.1. The van der Waals surface area contributed by atoms with E-state index in [-0.39, 0.29) is 18.4 Å².